The number of amides is 2. The number of anilines is 1. The Balaban J connectivity index is 1.34. The van der Waals surface area contributed by atoms with Crippen LogP contribution in [0.15, 0.2) is 42.5 Å². The van der Waals surface area contributed by atoms with E-state index in [2.05, 4.69) is 10.3 Å². The van der Waals surface area contributed by atoms with Gasteiger partial charge in [-0.1, -0.05) is 17.4 Å². The fraction of sp³-hybridized carbons (Fsp3) is 0.318. The van der Waals surface area contributed by atoms with Crippen LogP contribution in [0, 0.1) is 12.8 Å². The van der Waals surface area contributed by atoms with Crippen LogP contribution < -0.4 is 5.32 Å². The highest BCUT2D eigenvalue weighted by Crippen LogP contribution is 2.30. The Labute approximate surface area is 180 Å². The first-order chi connectivity index (χ1) is 14.7. The van der Waals surface area contributed by atoms with E-state index in [0.29, 0.717) is 31.1 Å². The predicted molar refractivity (Wildman–Crippen MR) is 113 cm³/mol. The monoisotopic (exact) mass is 447 g/mol. The molecule has 0 atom stereocenters. The normalized spacial score (nSPS) is 15.3. The number of aromatic nitrogens is 1. The van der Waals surface area contributed by atoms with Crippen molar-refractivity contribution in [1.29, 1.82) is 0 Å². The van der Waals surface area contributed by atoms with Crippen molar-refractivity contribution in [3.63, 3.8) is 0 Å². The van der Waals surface area contributed by atoms with Gasteiger partial charge in [-0.2, -0.15) is 13.2 Å². The molecule has 3 aromatic rings. The summed E-state index contributed by atoms with van der Waals surface area (Å²) >= 11 is 1.42. The average molecular weight is 447 g/mol. The number of hydrogen-bond acceptors (Lipinski definition) is 4. The minimum absolute atomic E-state index is 0.127. The number of thiazole rings is 1. The number of carbonyl (C=O) groups excluding carboxylic acids is 2. The standard InChI is InChI=1S/C22H20F3N3O2S/c1-13-2-7-17-18(12-13)31-21(26-17)27-19(29)14-8-10-28(11-9-14)20(30)15-3-5-16(6-4-15)22(23,24)25/h2-7,12,14H,8-11H2,1H3,(H,26,27,29). The van der Waals surface area contributed by atoms with E-state index in [1.165, 1.54) is 23.5 Å². The van der Waals surface area contributed by atoms with Crippen molar-refractivity contribution in [3.05, 3.63) is 59.2 Å². The van der Waals surface area contributed by atoms with Crippen molar-refractivity contribution in [2.75, 3.05) is 18.4 Å². The third-order valence-corrected chi connectivity index (χ3v) is 6.32. The topological polar surface area (TPSA) is 62.3 Å². The van der Waals surface area contributed by atoms with Crippen molar-refractivity contribution in [2.45, 2.75) is 25.9 Å². The fourth-order valence-corrected chi connectivity index (χ4v) is 4.59. The van der Waals surface area contributed by atoms with Crippen LogP contribution in [0.5, 0.6) is 0 Å². The van der Waals surface area contributed by atoms with Gasteiger partial charge in [0.05, 0.1) is 15.8 Å². The molecule has 0 bridgehead atoms. The summed E-state index contributed by atoms with van der Waals surface area (Å²) < 4.78 is 39.1. The highest BCUT2D eigenvalue weighted by atomic mass is 32.1. The van der Waals surface area contributed by atoms with Crippen molar-refractivity contribution >= 4 is 38.5 Å². The summed E-state index contributed by atoms with van der Waals surface area (Å²) in [5, 5.41) is 3.42. The summed E-state index contributed by atoms with van der Waals surface area (Å²) in [6.45, 7) is 2.74. The molecule has 1 aliphatic rings. The van der Waals surface area contributed by atoms with Crippen LogP contribution >= 0.6 is 11.3 Å². The van der Waals surface area contributed by atoms with Gasteiger partial charge < -0.3 is 10.2 Å². The molecule has 1 saturated heterocycles. The van der Waals surface area contributed by atoms with Crippen LogP contribution in [0.25, 0.3) is 10.2 Å². The first-order valence-corrected chi connectivity index (χ1v) is 10.7. The molecule has 0 saturated carbocycles. The molecule has 0 radical (unpaired) electrons. The molecule has 0 unspecified atom stereocenters. The Morgan fingerprint density at radius 3 is 2.42 bits per heavy atom. The second kappa shape index (κ2) is 8.30. The minimum Gasteiger partial charge on any atom is -0.339 e. The zero-order valence-corrected chi connectivity index (χ0v) is 17.5. The number of halogens is 3. The Kier molecular flexibility index (Phi) is 5.70. The van der Waals surface area contributed by atoms with E-state index >= 15 is 0 Å². The van der Waals surface area contributed by atoms with Crippen LogP contribution in [-0.2, 0) is 11.0 Å². The van der Waals surface area contributed by atoms with Gasteiger partial charge in [0.1, 0.15) is 0 Å². The summed E-state index contributed by atoms with van der Waals surface area (Å²) in [4.78, 5) is 31.2. The summed E-state index contributed by atoms with van der Waals surface area (Å²) in [6.07, 6.45) is -3.46. The van der Waals surface area contributed by atoms with Gasteiger partial charge in [-0.25, -0.2) is 4.98 Å². The third-order valence-electron chi connectivity index (χ3n) is 5.39. The van der Waals surface area contributed by atoms with Gasteiger partial charge in [0.25, 0.3) is 5.91 Å². The predicted octanol–water partition coefficient (Wildman–Crippen LogP) is 5.11. The molecule has 1 N–H and O–H groups in total. The van der Waals surface area contributed by atoms with Gasteiger partial charge >= 0.3 is 6.18 Å². The quantitative estimate of drug-likeness (QED) is 0.607. The molecule has 5 nitrogen and oxygen atoms in total. The molecule has 1 aromatic heterocycles. The lowest BCUT2D eigenvalue weighted by Crippen LogP contribution is -2.41. The van der Waals surface area contributed by atoms with Gasteiger partial charge in [-0.15, -0.1) is 0 Å². The SMILES string of the molecule is Cc1ccc2nc(NC(=O)C3CCN(C(=O)c4ccc(C(F)(F)F)cc4)CC3)sc2c1. The first kappa shape index (κ1) is 21.3. The molecule has 0 aliphatic carbocycles. The summed E-state index contributed by atoms with van der Waals surface area (Å²) in [6, 6.07) is 10.1. The largest absolute Gasteiger partial charge is 0.416 e. The molecule has 0 spiro atoms. The summed E-state index contributed by atoms with van der Waals surface area (Å²) in [5.41, 5.74) is 1.38. The van der Waals surface area contributed by atoms with Gasteiger partial charge in [-0.05, 0) is 61.7 Å². The smallest absolute Gasteiger partial charge is 0.339 e. The van der Waals surface area contributed by atoms with E-state index in [9.17, 15) is 22.8 Å². The fourth-order valence-electron chi connectivity index (χ4n) is 3.62. The second-order valence-electron chi connectivity index (χ2n) is 7.62. The lowest BCUT2D eigenvalue weighted by Gasteiger charge is -2.31. The maximum absolute atomic E-state index is 12.7. The van der Waals surface area contributed by atoms with Crippen LogP contribution in [0.2, 0.25) is 0 Å². The van der Waals surface area contributed by atoms with Gasteiger partial charge in [0.2, 0.25) is 5.91 Å². The maximum Gasteiger partial charge on any atom is 0.416 e. The number of carbonyl (C=O) groups is 2. The Hall–Kier alpha value is -2.94. The van der Waals surface area contributed by atoms with Crippen molar-refractivity contribution in [3.8, 4) is 0 Å². The van der Waals surface area contributed by atoms with Gasteiger partial charge in [-0.3, -0.25) is 9.59 Å². The number of fused-ring (bicyclic) bond motifs is 1. The summed E-state index contributed by atoms with van der Waals surface area (Å²) in [5.74, 6) is -0.697. The molecule has 2 aromatic carbocycles. The van der Waals surface area contributed by atoms with E-state index < -0.39 is 11.7 Å². The molecule has 2 heterocycles. The number of benzene rings is 2. The number of likely N-dealkylation sites (tertiary alicyclic amines) is 1. The number of alkyl halides is 3. The van der Waals surface area contributed by atoms with Crippen molar-refractivity contribution in [1.82, 2.24) is 9.88 Å². The Morgan fingerprint density at radius 1 is 1.10 bits per heavy atom. The molecular weight excluding hydrogens is 427 g/mol. The molecule has 2 amide bonds. The number of nitrogens with zero attached hydrogens (tertiary/aromatic N) is 2. The molecule has 4 rings (SSSR count). The molecular formula is C22H20F3N3O2S. The highest BCUT2D eigenvalue weighted by Gasteiger charge is 2.31. The number of piperidine rings is 1. The molecule has 9 heteroatoms. The van der Waals surface area contributed by atoms with Gasteiger partial charge in [0.15, 0.2) is 5.13 Å². The lowest BCUT2D eigenvalue weighted by atomic mass is 9.95. The minimum atomic E-state index is -4.44. The summed E-state index contributed by atoms with van der Waals surface area (Å²) in [7, 11) is 0. The van der Waals surface area contributed by atoms with E-state index in [1.54, 1.807) is 4.90 Å². The number of aryl methyl sites for hydroxylation is 1. The van der Waals surface area contributed by atoms with Crippen LogP contribution in [0.4, 0.5) is 18.3 Å². The number of hydrogen-bond donors (Lipinski definition) is 1. The Bertz CT molecular complexity index is 1120. The molecule has 1 fully saturated rings. The van der Waals surface area contributed by atoms with E-state index in [-0.39, 0.29) is 23.3 Å². The van der Waals surface area contributed by atoms with Crippen LogP contribution in [-0.4, -0.2) is 34.8 Å². The van der Waals surface area contributed by atoms with E-state index in [0.717, 1.165) is 27.9 Å². The third kappa shape index (κ3) is 4.71. The Morgan fingerprint density at radius 2 is 1.77 bits per heavy atom. The number of nitrogens with one attached hydrogen (secondary N) is 1. The van der Waals surface area contributed by atoms with Crippen molar-refractivity contribution < 1.29 is 22.8 Å². The highest BCUT2D eigenvalue weighted by molar-refractivity contribution is 7.22. The van der Waals surface area contributed by atoms with Crippen molar-refractivity contribution in [2.24, 2.45) is 5.92 Å². The lowest BCUT2D eigenvalue weighted by molar-refractivity contribution is -0.137. The molecule has 162 valence electrons. The van der Waals surface area contributed by atoms with E-state index in [1.807, 2.05) is 25.1 Å². The van der Waals surface area contributed by atoms with Crippen LogP contribution in [0.3, 0.4) is 0 Å². The first-order valence-electron chi connectivity index (χ1n) is 9.85. The second-order valence-corrected chi connectivity index (χ2v) is 8.65. The molecule has 1 aliphatic heterocycles. The van der Waals surface area contributed by atoms with Gasteiger partial charge in [0, 0.05) is 24.6 Å². The zero-order valence-electron chi connectivity index (χ0n) is 16.7. The number of rotatable bonds is 3. The average Bonchev–Trinajstić information content (AvgIpc) is 3.14. The van der Waals surface area contributed by atoms with E-state index in [4.69, 9.17) is 0 Å². The molecule has 31 heavy (non-hydrogen) atoms. The maximum atomic E-state index is 12.7. The van der Waals surface area contributed by atoms with Crippen LogP contribution in [0.1, 0.15) is 34.3 Å². The zero-order chi connectivity index (χ0) is 22.2.